The Balaban J connectivity index is 3.37. The number of ether oxygens (including phenoxy) is 1. The van der Waals surface area contributed by atoms with Crippen LogP contribution in [0.1, 0.15) is 412 Å². The lowest BCUT2D eigenvalue weighted by Gasteiger charge is -2.22. The Bertz CT molecular complexity index is 1330. The van der Waals surface area contributed by atoms with Crippen LogP contribution in [0.4, 0.5) is 0 Å². The van der Waals surface area contributed by atoms with Gasteiger partial charge >= 0.3 is 5.97 Å². The molecule has 0 radical (unpaired) electrons. The Morgan fingerprint density at radius 3 is 0.963 bits per heavy atom. The molecule has 0 fully saturated rings. The average Bonchev–Trinajstić information content (AvgIpc) is 3.48. The van der Waals surface area contributed by atoms with Crippen molar-refractivity contribution in [2.24, 2.45) is 0 Å². The highest BCUT2D eigenvalue weighted by molar-refractivity contribution is 5.76. The van der Waals surface area contributed by atoms with Gasteiger partial charge in [0.1, 0.15) is 0 Å². The number of aliphatic hydroxyl groups is 2. The molecule has 0 rings (SSSR count). The lowest BCUT2D eigenvalue weighted by Crippen LogP contribution is -2.45. The number of carbonyl (C=O) groups is 2. The molecule has 0 saturated heterocycles. The van der Waals surface area contributed by atoms with Crippen molar-refractivity contribution in [1.29, 1.82) is 0 Å². The van der Waals surface area contributed by atoms with Crippen LogP contribution in [0.5, 0.6) is 0 Å². The van der Waals surface area contributed by atoms with Gasteiger partial charge in [0.2, 0.25) is 5.91 Å². The fraction of sp³-hybridized carbons (Fsp3) is 0.895. The quantitative estimate of drug-likeness (QED) is 0.0320. The lowest BCUT2D eigenvalue weighted by atomic mass is 10.0. The fourth-order valence-corrected chi connectivity index (χ4v) is 11.7. The fourth-order valence-electron chi connectivity index (χ4n) is 11.7. The number of hydrogen-bond donors (Lipinski definition) is 3. The lowest BCUT2D eigenvalue weighted by molar-refractivity contribution is -0.143. The predicted molar refractivity (Wildman–Crippen MR) is 361 cm³/mol. The molecule has 484 valence electrons. The van der Waals surface area contributed by atoms with Crippen molar-refractivity contribution in [2.75, 3.05) is 13.2 Å². The molecule has 6 nitrogen and oxygen atoms in total. The summed E-state index contributed by atoms with van der Waals surface area (Å²) in [6, 6.07) is -0.542. The Morgan fingerprint density at radius 2 is 0.610 bits per heavy atom. The smallest absolute Gasteiger partial charge is 0.305 e. The number of unbranched alkanes of at least 4 members (excludes halogenated alkanes) is 53. The van der Waals surface area contributed by atoms with Crippen LogP contribution in [0.15, 0.2) is 36.5 Å². The van der Waals surface area contributed by atoms with E-state index in [-0.39, 0.29) is 18.5 Å². The van der Waals surface area contributed by atoms with Crippen LogP contribution in [-0.2, 0) is 14.3 Å². The van der Waals surface area contributed by atoms with E-state index in [9.17, 15) is 19.8 Å². The van der Waals surface area contributed by atoms with Gasteiger partial charge in [0, 0.05) is 12.8 Å². The summed E-state index contributed by atoms with van der Waals surface area (Å²) in [5.41, 5.74) is 0. The van der Waals surface area contributed by atoms with Crippen LogP contribution in [0, 0.1) is 0 Å². The highest BCUT2D eigenvalue weighted by Crippen LogP contribution is 2.19. The maximum atomic E-state index is 12.5. The molecule has 0 aromatic carbocycles. The molecule has 0 aromatic heterocycles. The van der Waals surface area contributed by atoms with Crippen molar-refractivity contribution in [1.82, 2.24) is 5.32 Å². The van der Waals surface area contributed by atoms with Gasteiger partial charge in [0.25, 0.3) is 0 Å². The molecule has 0 bridgehead atoms. The number of esters is 1. The van der Waals surface area contributed by atoms with E-state index < -0.39 is 12.1 Å². The van der Waals surface area contributed by atoms with E-state index in [0.717, 1.165) is 51.4 Å². The van der Waals surface area contributed by atoms with Crippen molar-refractivity contribution in [3.8, 4) is 0 Å². The zero-order valence-corrected chi connectivity index (χ0v) is 55.5. The van der Waals surface area contributed by atoms with Gasteiger partial charge in [-0.3, -0.25) is 9.59 Å². The molecule has 0 spiro atoms. The summed E-state index contributed by atoms with van der Waals surface area (Å²) in [5.74, 6) is -0.0208. The second-order valence-corrected chi connectivity index (χ2v) is 25.6. The SMILES string of the molecule is CCCCC/C=C\C/C=C\CCCCCCCCCC(=O)OCCCCCCCCCCCCCC/C=C\CCCCCCCCCCCCCCCC(=O)NC(CO)C(O)CCCCCCCCCCCCCCCCCCCCC. The van der Waals surface area contributed by atoms with Crippen LogP contribution >= 0.6 is 0 Å². The second kappa shape index (κ2) is 71.6. The van der Waals surface area contributed by atoms with Crippen molar-refractivity contribution in [3.63, 3.8) is 0 Å². The number of hydrogen-bond acceptors (Lipinski definition) is 5. The Hall–Kier alpha value is -1.92. The van der Waals surface area contributed by atoms with Gasteiger partial charge in [-0.15, -0.1) is 0 Å². The first-order valence-corrected chi connectivity index (χ1v) is 37.2. The summed E-state index contributed by atoms with van der Waals surface area (Å²) in [7, 11) is 0. The topological polar surface area (TPSA) is 95.9 Å². The van der Waals surface area contributed by atoms with E-state index in [1.165, 1.54) is 327 Å². The van der Waals surface area contributed by atoms with E-state index in [1.807, 2.05) is 0 Å². The van der Waals surface area contributed by atoms with Crippen molar-refractivity contribution in [3.05, 3.63) is 36.5 Å². The third-order valence-corrected chi connectivity index (χ3v) is 17.4. The van der Waals surface area contributed by atoms with E-state index in [1.54, 1.807) is 0 Å². The summed E-state index contributed by atoms with van der Waals surface area (Å²) in [5, 5.41) is 23.4. The molecular formula is C76H145NO5. The highest BCUT2D eigenvalue weighted by atomic mass is 16.5. The number of nitrogens with one attached hydrogen (secondary N) is 1. The molecule has 3 N–H and O–H groups in total. The van der Waals surface area contributed by atoms with Crippen molar-refractivity contribution in [2.45, 2.75) is 424 Å². The first-order chi connectivity index (χ1) is 40.5. The molecular weight excluding hydrogens is 1010 g/mol. The van der Waals surface area contributed by atoms with Crippen LogP contribution in [0.3, 0.4) is 0 Å². The Kier molecular flexibility index (Phi) is 69.9. The molecule has 1 amide bonds. The van der Waals surface area contributed by atoms with Crippen LogP contribution in [0.25, 0.3) is 0 Å². The van der Waals surface area contributed by atoms with E-state index in [4.69, 9.17) is 4.74 Å². The number of carbonyl (C=O) groups excluding carboxylic acids is 2. The van der Waals surface area contributed by atoms with Gasteiger partial charge in [-0.05, 0) is 83.5 Å². The molecule has 6 heteroatoms. The first-order valence-electron chi connectivity index (χ1n) is 37.2. The number of rotatable bonds is 70. The number of aliphatic hydroxyl groups excluding tert-OH is 2. The van der Waals surface area contributed by atoms with Crippen LogP contribution in [-0.4, -0.2) is 47.4 Å². The van der Waals surface area contributed by atoms with Crippen LogP contribution in [0.2, 0.25) is 0 Å². The van der Waals surface area contributed by atoms with Gasteiger partial charge in [0.05, 0.1) is 25.4 Å². The van der Waals surface area contributed by atoms with E-state index in [2.05, 4.69) is 55.6 Å². The van der Waals surface area contributed by atoms with Gasteiger partial charge < -0.3 is 20.3 Å². The minimum atomic E-state index is -0.665. The summed E-state index contributed by atoms with van der Waals surface area (Å²) in [6.07, 6.45) is 92.0. The normalized spacial score (nSPS) is 12.7. The summed E-state index contributed by atoms with van der Waals surface area (Å²) < 4.78 is 5.50. The molecule has 0 aliphatic rings. The standard InChI is InChI=1S/C76H145NO5/c1-3-5-7-9-11-13-15-17-19-21-33-37-40-44-48-52-56-60-64-68-74(79)73(72-78)77-75(80)69-65-61-57-53-49-45-41-38-34-31-29-27-25-23-22-24-26-28-30-32-35-39-43-47-51-55-59-63-67-71-82-76(81)70-66-62-58-54-50-46-42-36-20-18-16-14-12-10-8-6-4-2/h12,14,18,20,22,24,73-74,78-79H,3-11,13,15-17,19,21,23,25-72H2,1-2H3,(H,77,80)/b14-12-,20-18-,24-22-. The maximum Gasteiger partial charge on any atom is 0.305 e. The maximum absolute atomic E-state index is 12.5. The van der Waals surface area contributed by atoms with Gasteiger partial charge in [-0.2, -0.15) is 0 Å². The van der Waals surface area contributed by atoms with Gasteiger partial charge in [0.15, 0.2) is 0 Å². The summed E-state index contributed by atoms with van der Waals surface area (Å²) >= 11 is 0. The second-order valence-electron chi connectivity index (χ2n) is 25.6. The predicted octanol–water partition coefficient (Wildman–Crippen LogP) is 24.3. The van der Waals surface area contributed by atoms with E-state index >= 15 is 0 Å². The van der Waals surface area contributed by atoms with Gasteiger partial charge in [-0.1, -0.05) is 352 Å². The Labute approximate surface area is 513 Å². The van der Waals surface area contributed by atoms with Crippen molar-refractivity contribution >= 4 is 11.9 Å². The number of allylic oxidation sites excluding steroid dienone is 6. The minimum Gasteiger partial charge on any atom is -0.466 e. The summed E-state index contributed by atoms with van der Waals surface area (Å²) in [4.78, 5) is 24.6. The zero-order valence-electron chi connectivity index (χ0n) is 55.5. The first kappa shape index (κ1) is 80.1. The molecule has 2 unspecified atom stereocenters. The molecule has 0 heterocycles. The molecule has 0 saturated carbocycles. The largest absolute Gasteiger partial charge is 0.466 e. The van der Waals surface area contributed by atoms with Crippen LogP contribution < -0.4 is 5.32 Å². The molecule has 0 aliphatic heterocycles. The Morgan fingerprint density at radius 1 is 0.341 bits per heavy atom. The average molecular weight is 1150 g/mol. The third-order valence-electron chi connectivity index (χ3n) is 17.4. The molecule has 0 aliphatic carbocycles. The third kappa shape index (κ3) is 67.2. The van der Waals surface area contributed by atoms with Crippen molar-refractivity contribution < 1.29 is 24.5 Å². The zero-order chi connectivity index (χ0) is 59.2. The van der Waals surface area contributed by atoms with E-state index in [0.29, 0.717) is 25.9 Å². The minimum absolute atomic E-state index is 0.00934. The monoisotopic (exact) mass is 1150 g/mol. The molecule has 2 atom stereocenters. The molecule has 82 heavy (non-hydrogen) atoms. The highest BCUT2D eigenvalue weighted by Gasteiger charge is 2.20. The summed E-state index contributed by atoms with van der Waals surface area (Å²) in [6.45, 7) is 4.96. The molecule has 0 aromatic rings. The van der Waals surface area contributed by atoms with Gasteiger partial charge in [-0.25, -0.2) is 0 Å². The number of amides is 1.